The Morgan fingerprint density at radius 2 is 1.75 bits per heavy atom. The van der Waals surface area contributed by atoms with Crippen LogP contribution in [0.3, 0.4) is 0 Å². The summed E-state index contributed by atoms with van der Waals surface area (Å²) >= 11 is 0. The summed E-state index contributed by atoms with van der Waals surface area (Å²) in [5, 5.41) is 0. The van der Waals surface area contributed by atoms with Gasteiger partial charge < -0.3 is 0 Å². The van der Waals surface area contributed by atoms with E-state index in [1.165, 1.54) is 0 Å². The van der Waals surface area contributed by atoms with E-state index < -0.39 is 8.01 Å². The molecule has 0 aliphatic rings. The predicted molar refractivity (Wildman–Crippen MR) is 14.4 cm³/mol. The molecule has 1 aromatic rings. The van der Waals surface area contributed by atoms with Crippen molar-refractivity contribution in [3.63, 3.8) is 0 Å². The molecular weight excluding hydrogens is 75.0 g/mol. The third-order valence-electron chi connectivity index (χ3n) is 0.180. The van der Waals surface area contributed by atoms with Gasteiger partial charge in [-0.25, -0.2) is 6.66 Å². The van der Waals surface area contributed by atoms with Crippen LogP contribution in [-0.4, -0.2) is 0 Å². The maximum Gasteiger partial charge on any atom is 0.156 e. The van der Waals surface area contributed by atoms with Crippen molar-refractivity contribution in [3.05, 3.63) is 6.66 Å². The lowest BCUT2D eigenvalue weighted by Gasteiger charge is -1.39. The fourth-order valence-corrected chi connectivity index (χ4v) is 0.212. The molecule has 0 saturated carbocycles. The van der Waals surface area contributed by atoms with Crippen LogP contribution in [0.15, 0.2) is 8.71 Å². The lowest BCUT2D eigenvalue weighted by Crippen LogP contribution is -0.887. The Kier molecular flexibility index (Phi) is 0.235. The van der Waals surface area contributed by atoms with Gasteiger partial charge >= 0.3 is 0 Å². The van der Waals surface area contributed by atoms with Crippen molar-refractivity contribution in [1.82, 2.24) is 0 Å². The fourth-order valence-electron chi connectivity index (χ4n) is 0.0236. The Labute approximate surface area is 24.6 Å². The molecular formula is CH2O2P-. The second-order valence-corrected chi connectivity index (χ2v) is 1.45. The van der Waals surface area contributed by atoms with Crippen LogP contribution in [0.5, 0.6) is 0 Å². The summed E-state index contributed by atoms with van der Waals surface area (Å²) in [7, 11) is -0.620. The molecule has 0 aliphatic heterocycles. The molecule has 0 saturated heterocycles. The van der Waals surface area contributed by atoms with Crippen molar-refractivity contribution >= 4 is 8.01 Å². The highest BCUT2D eigenvalue weighted by atomic mass is 31.1. The van der Waals surface area contributed by atoms with Gasteiger partial charge in [0.1, 0.15) is 0 Å². The van der Waals surface area contributed by atoms with E-state index in [1.54, 1.807) is 0 Å². The topological polar surface area (TPSA) is 26.3 Å². The molecule has 0 bridgehead atoms. The van der Waals surface area contributed by atoms with Gasteiger partial charge in [0.2, 0.25) is 0 Å². The summed E-state index contributed by atoms with van der Waals surface area (Å²) in [6.07, 6.45) is 0. The fraction of sp³-hybridized carbons (Fsp3) is 0. The maximum absolute atomic E-state index is 4.16. The van der Waals surface area contributed by atoms with E-state index in [9.17, 15) is 0 Å². The van der Waals surface area contributed by atoms with Gasteiger partial charge in [0.15, 0.2) is 8.01 Å². The minimum atomic E-state index is -0.620. The first kappa shape index (κ1) is 2.16. The van der Waals surface area contributed by atoms with Crippen LogP contribution in [-0.2, 0) is 0 Å². The first-order valence-corrected chi connectivity index (χ1v) is 2.21. The zero-order chi connectivity index (χ0) is 2.99. The predicted octanol–water partition coefficient (Wildman–Crippen LogP) is 1.50. The van der Waals surface area contributed by atoms with Gasteiger partial charge in [-0.1, -0.05) is 0 Å². The molecule has 1 aromatic heterocycles. The van der Waals surface area contributed by atoms with Gasteiger partial charge in [-0.3, -0.25) is 8.71 Å². The van der Waals surface area contributed by atoms with E-state index in [2.05, 4.69) is 15.4 Å². The standard InChI is InChI=1S/CH2O2P/c1-4-2-3-4/h1H2/q-1. The largest absolute Gasteiger partial charge is 0.275 e. The molecule has 0 amide bonds. The van der Waals surface area contributed by atoms with Crippen LogP contribution in [0.1, 0.15) is 0 Å². The highest BCUT2D eigenvalue weighted by molar-refractivity contribution is 7.40. The molecule has 0 N–H and O–H groups in total. The van der Waals surface area contributed by atoms with Gasteiger partial charge in [0.05, 0.1) is 0 Å². The highest BCUT2D eigenvalue weighted by Gasteiger charge is 1.76. The van der Waals surface area contributed by atoms with Crippen molar-refractivity contribution < 1.29 is 8.71 Å². The van der Waals surface area contributed by atoms with Crippen LogP contribution >= 0.6 is 8.01 Å². The monoisotopic (exact) mass is 77.0 g/mol. The van der Waals surface area contributed by atoms with Gasteiger partial charge in [-0.15, -0.1) is 0 Å². The molecule has 0 spiro atoms. The number of hydrogen-bond acceptors (Lipinski definition) is 2. The normalized spacial score (nSPS) is 9.25. The van der Waals surface area contributed by atoms with E-state index in [4.69, 9.17) is 0 Å². The summed E-state index contributed by atoms with van der Waals surface area (Å²) in [5.41, 5.74) is 0. The summed E-state index contributed by atoms with van der Waals surface area (Å²) in [6, 6.07) is 0. The molecule has 2 nitrogen and oxygen atoms in total. The van der Waals surface area contributed by atoms with Crippen LogP contribution in [0, 0.1) is 6.66 Å². The zero-order valence-corrected chi connectivity index (χ0v) is 2.87. The van der Waals surface area contributed by atoms with Crippen molar-refractivity contribution in [2.45, 2.75) is 0 Å². The average Bonchev–Trinajstić information content (AvgIpc) is 1.75. The first-order valence-electron chi connectivity index (χ1n) is 0.848. The molecule has 0 radical (unpaired) electrons. The zero-order valence-electron chi connectivity index (χ0n) is 1.97. The smallest absolute Gasteiger partial charge is 0.156 e. The Bertz CT molecular complexity index is 64.6. The Hall–Kier alpha value is -0.100. The molecule has 24 valence electrons. The van der Waals surface area contributed by atoms with Crippen molar-refractivity contribution in [3.8, 4) is 0 Å². The van der Waals surface area contributed by atoms with Gasteiger partial charge in [0, 0.05) is 0 Å². The summed E-state index contributed by atoms with van der Waals surface area (Å²) in [6.45, 7) is 3.37. The molecule has 1 heterocycles. The Morgan fingerprint density at radius 1 is 1.50 bits per heavy atom. The van der Waals surface area contributed by atoms with Crippen molar-refractivity contribution in [2.24, 2.45) is 0 Å². The Morgan fingerprint density at radius 3 is 1.75 bits per heavy atom. The maximum atomic E-state index is 4.16. The summed E-state index contributed by atoms with van der Waals surface area (Å²) in [5.74, 6) is 0. The summed E-state index contributed by atoms with van der Waals surface area (Å²) in [4.78, 5) is 0. The number of rotatable bonds is 0. The van der Waals surface area contributed by atoms with Crippen LogP contribution in [0.4, 0.5) is 0 Å². The minimum Gasteiger partial charge on any atom is -0.275 e. The van der Waals surface area contributed by atoms with Crippen LogP contribution in [0.25, 0.3) is 0 Å². The van der Waals surface area contributed by atoms with Crippen LogP contribution in [0.2, 0.25) is 0 Å². The summed E-state index contributed by atoms with van der Waals surface area (Å²) < 4.78 is 8.32. The molecule has 3 heteroatoms. The van der Waals surface area contributed by atoms with Crippen LogP contribution < -0.4 is 0 Å². The quantitative estimate of drug-likeness (QED) is 0.346. The van der Waals surface area contributed by atoms with E-state index in [0.717, 1.165) is 0 Å². The molecule has 0 aliphatic carbocycles. The Balaban J connectivity index is 2.81. The molecule has 0 unspecified atom stereocenters. The van der Waals surface area contributed by atoms with E-state index in [-0.39, 0.29) is 0 Å². The molecule has 1 rings (SSSR count). The van der Waals surface area contributed by atoms with Crippen molar-refractivity contribution in [1.29, 1.82) is 0 Å². The molecule has 0 fully saturated rings. The van der Waals surface area contributed by atoms with E-state index >= 15 is 0 Å². The molecule has 4 heavy (non-hydrogen) atoms. The SMILES string of the molecule is [CH2-]p1oo1. The van der Waals surface area contributed by atoms with Gasteiger partial charge in [-0.05, 0) is 0 Å². The van der Waals surface area contributed by atoms with E-state index in [0.29, 0.717) is 0 Å². The highest BCUT2D eigenvalue weighted by Crippen LogP contribution is 2.31. The molecule has 0 atom stereocenters. The third-order valence-corrected chi connectivity index (χ3v) is 0.540. The van der Waals surface area contributed by atoms with E-state index in [1.807, 2.05) is 0 Å². The second-order valence-electron chi connectivity index (χ2n) is 0.482. The second kappa shape index (κ2) is 0.436. The average molecular weight is 77.0 g/mol. The van der Waals surface area contributed by atoms with Gasteiger partial charge in [0.25, 0.3) is 0 Å². The lowest BCUT2D eigenvalue weighted by molar-refractivity contribution is 0.264. The molecule has 0 aromatic carbocycles. The third kappa shape index (κ3) is 0.183. The lowest BCUT2D eigenvalue weighted by atomic mass is 12.0. The minimum absolute atomic E-state index is 0.620. The number of hydrogen-bond donors (Lipinski definition) is 0. The first-order chi connectivity index (χ1) is 1.89. The van der Waals surface area contributed by atoms with Crippen molar-refractivity contribution in [2.75, 3.05) is 0 Å². The van der Waals surface area contributed by atoms with Gasteiger partial charge in [-0.2, -0.15) is 0 Å².